The molecule has 0 unspecified atom stereocenters. The van der Waals surface area contributed by atoms with Gasteiger partial charge in [0.2, 0.25) is 10.0 Å². The third kappa shape index (κ3) is 4.01. The zero-order valence-corrected chi connectivity index (χ0v) is 12.3. The van der Waals surface area contributed by atoms with Crippen LogP contribution in [-0.2, 0) is 10.0 Å². The number of halogens is 1. The Morgan fingerprint density at radius 2 is 1.95 bits per heavy atom. The summed E-state index contributed by atoms with van der Waals surface area (Å²) in [6.45, 7) is 0.294. The minimum atomic E-state index is -3.95. The van der Waals surface area contributed by atoms with Crippen LogP contribution in [0.3, 0.4) is 0 Å². The number of benzene rings is 1. The number of carbonyl (C=O) groups is 1. The molecule has 1 aromatic carbocycles. The quantitative estimate of drug-likeness (QED) is 0.874. The Labute approximate surface area is 123 Å². The molecule has 0 aliphatic heterocycles. The van der Waals surface area contributed by atoms with Crippen LogP contribution in [0.5, 0.6) is 0 Å². The fourth-order valence-corrected chi connectivity index (χ4v) is 3.72. The molecule has 7 heteroatoms. The molecule has 2 N–H and O–H groups in total. The van der Waals surface area contributed by atoms with Gasteiger partial charge in [-0.2, -0.15) is 0 Å². The van der Waals surface area contributed by atoms with E-state index in [2.05, 4.69) is 4.72 Å². The lowest BCUT2D eigenvalue weighted by Crippen LogP contribution is -2.31. The first-order valence-corrected chi connectivity index (χ1v) is 8.41. The van der Waals surface area contributed by atoms with Crippen LogP contribution in [0, 0.1) is 11.7 Å². The molecular weight excluding hydrogens is 297 g/mol. The summed E-state index contributed by atoms with van der Waals surface area (Å²) in [6.07, 6.45) is 5.31. The fourth-order valence-electron chi connectivity index (χ4n) is 2.55. The molecule has 1 saturated carbocycles. The third-order valence-corrected chi connectivity index (χ3v) is 5.21. The molecule has 0 heterocycles. The van der Waals surface area contributed by atoms with Crippen molar-refractivity contribution in [2.24, 2.45) is 5.92 Å². The smallest absolute Gasteiger partial charge is 0.335 e. The lowest BCUT2D eigenvalue weighted by atomic mass is 9.90. The maximum Gasteiger partial charge on any atom is 0.335 e. The normalized spacial score (nSPS) is 16.8. The molecule has 1 aliphatic carbocycles. The number of sulfonamides is 1. The maximum absolute atomic E-state index is 13.8. The first-order chi connectivity index (χ1) is 9.90. The predicted octanol–water partition coefficient (Wildman–Crippen LogP) is 2.38. The molecular formula is C14H18FNO4S. The molecule has 2 rings (SSSR count). The fraction of sp³-hybridized carbons (Fsp3) is 0.500. The van der Waals surface area contributed by atoms with Crippen molar-refractivity contribution < 1.29 is 22.7 Å². The van der Waals surface area contributed by atoms with Crippen molar-refractivity contribution in [2.75, 3.05) is 6.54 Å². The highest BCUT2D eigenvalue weighted by atomic mass is 32.2. The number of aromatic carboxylic acids is 1. The van der Waals surface area contributed by atoms with E-state index in [1.807, 2.05) is 0 Å². The van der Waals surface area contributed by atoms with Gasteiger partial charge < -0.3 is 5.11 Å². The zero-order valence-electron chi connectivity index (χ0n) is 11.5. The molecule has 0 aromatic heterocycles. The van der Waals surface area contributed by atoms with Gasteiger partial charge in [0, 0.05) is 6.54 Å². The van der Waals surface area contributed by atoms with Crippen LogP contribution in [0.2, 0.25) is 0 Å². The number of hydrogen-bond acceptors (Lipinski definition) is 3. The molecule has 0 amide bonds. The second kappa shape index (κ2) is 6.53. The highest BCUT2D eigenvalue weighted by molar-refractivity contribution is 7.89. The van der Waals surface area contributed by atoms with Crippen molar-refractivity contribution in [1.29, 1.82) is 0 Å². The Bertz CT molecular complexity index is 624. The van der Waals surface area contributed by atoms with E-state index < -0.39 is 26.7 Å². The van der Waals surface area contributed by atoms with Crippen molar-refractivity contribution in [3.63, 3.8) is 0 Å². The average molecular weight is 315 g/mol. The highest BCUT2D eigenvalue weighted by Gasteiger charge is 2.22. The summed E-state index contributed by atoms with van der Waals surface area (Å²) in [4.78, 5) is 10.2. The van der Waals surface area contributed by atoms with Crippen LogP contribution in [0.1, 0.15) is 42.5 Å². The molecule has 1 aliphatic rings. The summed E-state index contributed by atoms with van der Waals surface area (Å²) in [5.41, 5.74) is -0.279. The second-order valence-electron chi connectivity index (χ2n) is 5.31. The molecule has 0 atom stereocenters. The highest BCUT2D eigenvalue weighted by Crippen LogP contribution is 2.23. The Balaban J connectivity index is 2.10. The lowest BCUT2D eigenvalue weighted by Gasteiger charge is -2.21. The van der Waals surface area contributed by atoms with Gasteiger partial charge in [0.15, 0.2) is 0 Å². The molecule has 0 radical (unpaired) electrons. The van der Waals surface area contributed by atoms with Crippen LogP contribution in [-0.4, -0.2) is 26.0 Å². The van der Waals surface area contributed by atoms with E-state index in [1.165, 1.54) is 6.42 Å². The van der Waals surface area contributed by atoms with E-state index in [9.17, 15) is 17.6 Å². The Hall–Kier alpha value is -1.47. The molecule has 21 heavy (non-hydrogen) atoms. The van der Waals surface area contributed by atoms with Gasteiger partial charge in [-0.05, 0) is 37.0 Å². The standard InChI is InChI=1S/C14H18FNO4S/c15-12-8-11(14(17)18)6-7-13(12)21(19,20)16-9-10-4-2-1-3-5-10/h6-8,10,16H,1-5,9H2,(H,17,18). The Morgan fingerprint density at radius 1 is 1.29 bits per heavy atom. The molecule has 0 bridgehead atoms. The number of nitrogens with one attached hydrogen (secondary N) is 1. The summed E-state index contributed by atoms with van der Waals surface area (Å²) < 4.78 is 40.4. The molecule has 0 saturated heterocycles. The summed E-state index contributed by atoms with van der Waals surface area (Å²) in [5.74, 6) is -2.06. The van der Waals surface area contributed by atoms with Crippen molar-refractivity contribution in [3.8, 4) is 0 Å². The Morgan fingerprint density at radius 3 is 2.52 bits per heavy atom. The van der Waals surface area contributed by atoms with Gasteiger partial charge in [-0.1, -0.05) is 19.3 Å². The monoisotopic (exact) mass is 315 g/mol. The summed E-state index contributed by atoms with van der Waals surface area (Å²) >= 11 is 0. The van der Waals surface area contributed by atoms with Gasteiger partial charge in [-0.25, -0.2) is 22.3 Å². The first-order valence-electron chi connectivity index (χ1n) is 6.92. The maximum atomic E-state index is 13.8. The van der Waals surface area contributed by atoms with E-state index in [1.54, 1.807) is 0 Å². The van der Waals surface area contributed by atoms with Gasteiger partial charge in [-0.15, -0.1) is 0 Å². The van der Waals surface area contributed by atoms with E-state index in [0.717, 1.165) is 43.9 Å². The molecule has 1 fully saturated rings. The van der Waals surface area contributed by atoms with E-state index in [4.69, 9.17) is 5.11 Å². The van der Waals surface area contributed by atoms with E-state index in [0.29, 0.717) is 6.54 Å². The van der Waals surface area contributed by atoms with Crippen LogP contribution >= 0.6 is 0 Å². The van der Waals surface area contributed by atoms with Gasteiger partial charge in [0.25, 0.3) is 0 Å². The minimum Gasteiger partial charge on any atom is -0.478 e. The van der Waals surface area contributed by atoms with Gasteiger partial charge in [-0.3, -0.25) is 0 Å². The molecule has 116 valence electrons. The minimum absolute atomic E-state index is 0.279. The van der Waals surface area contributed by atoms with Crippen LogP contribution in [0.15, 0.2) is 23.1 Å². The summed E-state index contributed by atoms with van der Waals surface area (Å²) in [7, 11) is -3.95. The van der Waals surface area contributed by atoms with Crippen molar-refractivity contribution in [1.82, 2.24) is 4.72 Å². The largest absolute Gasteiger partial charge is 0.478 e. The van der Waals surface area contributed by atoms with E-state index >= 15 is 0 Å². The van der Waals surface area contributed by atoms with Crippen molar-refractivity contribution in [2.45, 2.75) is 37.0 Å². The Kier molecular flexibility index (Phi) is 4.95. The van der Waals surface area contributed by atoms with Gasteiger partial charge in [0.05, 0.1) is 5.56 Å². The number of carboxylic acids is 1. The lowest BCUT2D eigenvalue weighted by molar-refractivity contribution is 0.0696. The average Bonchev–Trinajstić information content (AvgIpc) is 2.46. The van der Waals surface area contributed by atoms with Crippen molar-refractivity contribution in [3.05, 3.63) is 29.6 Å². The predicted molar refractivity (Wildman–Crippen MR) is 75.1 cm³/mol. The second-order valence-corrected chi connectivity index (χ2v) is 7.04. The third-order valence-electron chi connectivity index (χ3n) is 3.76. The van der Waals surface area contributed by atoms with Crippen LogP contribution < -0.4 is 4.72 Å². The SMILES string of the molecule is O=C(O)c1ccc(S(=O)(=O)NCC2CCCCC2)c(F)c1. The number of rotatable bonds is 5. The summed E-state index contributed by atoms with van der Waals surface area (Å²) in [5, 5.41) is 8.74. The van der Waals surface area contributed by atoms with Crippen molar-refractivity contribution >= 4 is 16.0 Å². The first kappa shape index (κ1) is 15.9. The number of hydrogen-bond donors (Lipinski definition) is 2. The topological polar surface area (TPSA) is 83.5 Å². The molecule has 1 aromatic rings. The van der Waals surface area contributed by atoms with Gasteiger partial charge in [0.1, 0.15) is 10.7 Å². The zero-order chi connectivity index (χ0) is 15.5. The molecule has 5 nitrogen and oxygen atoms in total. The summed E-state index contributed by atoms with van der Waals surface area (Å²) in [6, 6.07) is 2.79. The van der Waals surface area contributed by atoms with Crippen LogP contribution in [0.25, 0.3) is 0 Å². The van der Waals surface area contributed by atoms with E-state index in [-0.39, 0.29) is 11.5 Å². The molecule has 0 spiro atoms. The number of carboxylic acid groups (broad SMARTS) is 1. The van der Waals surface area contributed by atoms with Crippen LogP contribution in [0.4, 0.5) is 4.39 Å². The van der Waals surface area contributed by atoms with Gasteiger partial charge >= 0.3 is 5.97 Å².